The summed E-state index contributed by atoms with van der Waals surface area (Å²) in [7, 11) is 0. The maximum atomic E-state index is 12.6. The van der Waals surface area contributed by atoms with Crippen molar-refractivity contribution in [2.45, 2.75) is 44.7 Å². The Morgan fingerprint density at radius 3 is 2.04 bits per heavy atom. The second-order valence-electron chi connectivity index (χ2n) is 5.91. The minimum atomic E-state index is -5.77. The van der Waals surface area contributed by atoms with Crippen molar-refractivity contribution in [1.82, 2.24) is 0 Å². The lowest BCUT2D eigenvalue weighted by atomic mass is 9.82. The van der Waals surface area contributed by atoms with Crippen molar-refractivity contribution in [2.75, 3.05) is 13.2 Å². The molecular weight excluding hydrogens is 335 g/mol. The van der Waals surface area contributed by atoms with Gasteiger partial charge in [0.1, 0.15) is 5.75 Å². The van der Waals surface area contributed by atoms with Crippen molar-refractivity contribution in [2.24, 2.45) is 0 Å². The van der Waals surface area contributed by atoms with Crippen LogP contribution in [0, 0.1) is 0 Å². The second kappa shape index (κ2) is 7.36. The number of carbonyl (C=O) groups excluding carboxylic acids is 1. The molecule has 3 nitrogen and oxygen atoms in total. The van der Waals surface area contributed by atoms with Gasteiger partial charge in [-0.15, -0.1) is 0 Å². The Morgan fingerprint density at radius 2 is 1.58 bits per heavy atom. The summed E-state index contributed by atoms with van der Waals surface area (Å²) < 4.78 is 69.9. The lowest BCUT2D eigenvalue weighted by Crippen LogP contribution is -2.41. The van der Waals surface area contributed by atoms with E-state index in [0.29, 0.717) is 0 Å². The van der Waals surface area contributed by atoms with Crippen LogP contribution >= 0.6 is 0 Å². The van der Waals surface area contributed by atoms with Crippen LogP contribution in [0.4, 0.5) is 22.0 Å². The van der Waals surface area contributed by atoms with Crippen LogP contribution in [0.25, 0.3) is 0 Å². The molecule has 0 unspecified atom stereocenters. The fraction of sp³-hybridized carbons (Fsp3) is 0.562. The van der Waals surface area contributed by atoms with E-state index < -0.39 is 31.3 Å². The number of esters is 1. The Bertz CT molecular complexity index is 550. The molecule has 0 radical (unpaired) electrons. The van der Waals surface area contributed by atoms with Gasteiger partial charge in [0.05, 0.1) is 0 Å². The molecule has 0 spiro atoms. The van der Waals surface area contributed by atoms with E-state index in [2.05, 4.69) is 18.6 Å². The SMILES string of the molecule is CCC(C)(C)c1ccc(OCC(=O)OCC(F)(F)C(F)(F)F)cc1. The Morgan fingerprint density at radius 1 is 1.04 bits per heavy atom. The summed E-state index contributed by atoms with van der Waals surface area (Å²) in [5.74, 6) is -6.11. The summed E-state index contributed by atoms with van der Waals surface area (Å²) in [6.45, 7) is 3.33. The zero-order valence-corrected chi connectivity index (χ0v) is 13.5. The second-order valence-corrected chi connectivity index (χ2v) is 5.91. The third-order valence-corrected chi connectivity index (χ3v) is 3.71. The lowest BCUT2D eigenvalue weighted by molar-refractivity contribution is -0.294. The van der Waals surface area contributed by atoms with E-state index in [-0.39, 0.29) is 11.2 Å². The third-order valence-electron chi connectivity index (χ3n) is 3.71. The molecule has 0 amide bonds. The van der Waals surface area contributed by atoms with E-state index in [1.165, 1.54) is 0 Å². The van der Waals surface area contributed by atoms with Gasteiger partial charge < -0.3 is 9.47 Å². The number of halogens is 5. The molecule has 24 heavy (non-hydrogen) atoms. The molecule has 0 heterocycles. The minimum Gasteiger partial charge on any atom is -0.482 e. The van der Waals surface area contributed by atoms with Gasteiger partial charge in [0.25, 0.3) is 0 Å². The molecule has 0 aliphatic rings. The number of hydrogen-bond donors (Lipinski definition) is 0. The smallest absolute Gasteiger partial charge is 0.456 e. The zero-order chi connectivity index (χ0) is 18.6. The number of alkyl halides is 5. The van der Waals surface area contributed by atoms with Gasteiger partial charge in [0, 0.05) is 0 Å². The number of carbonyl (C=O) groups is 1. The van der Waals surface area contributed by atoms with E-state index >= 15 is 0 Å². The minimum absolute atomic E-state index is 0.0410. The van der Waals surface area contributed by atoms with Crippen molar-refractivity contribution >= 4 is 5.97 Å². The van der Waals surface area contributed by atoms with Crippen LogP contribution in [-0.2, 0) is 14.9 Å². The van der Waals surface area contributed by atoms with Crippen LogP contribution in [-0.4, -0.2) is 31.3 Å². The molecule has 0 aliphatic heterocycles. The fourth-order valence-corrected chi connectivity index (χ4v) is 1.64. The van der Waals surface area contributed by atoms with Crippen molar-refractivity contribution < 1.29 is 36.2 Å². The summed E-state index contributed by atoms with van der Waals surface area (Å²) in [5.41, 5.74) is 1.01. The van der Waals surface area contributed by atoms with Crippen LogP contribution in [0.2, 0.25) is 0 Å². The highest BCUT2D eigenvalue weighted by atomic mass is 19.4. The molecule has 1 aromatic carbocycles. The van der Waals surface area contributed by atoms with Crippen molar-refractivity contribution in [3.63, 3.8) is 0 Å². The predicted molar refractivity (Wildman–Crippen MR) is 77.2 cm³/mol. The largest absolute Gasteiger partial charge is 0.482 e. The van der Waals surface area contributed by atoms with Gasteiger partial charge >= 0.3 is 18.1 Å². The summed E-state index contributed by atoms with van der Waals surface area (Å²) in [5, 5.41) is 0. The first-order valence-electron chi connectivity index (χ1n) is 7.22. The van der Waals surface area contributed by atoms with Crippen LogP contribution in [0.15, 0.2) is 24.3 Å². The Hall–Kier alpha value is -1.86. The zero-order valence-electron chi connectivity index (χ0n) is 13.5. The van der Waals surface area contributed by atoms with E-state index in [0.717, 1.165) is 12.0 Å². The molecule has 1 rings (SSSR count). The predicted octanol–water partition coefficient (Wildman–Crippen LogP) is 4.49. The molecule has 0 saturated carbocycles. The van der Waals surface area contributed by atoms with E-state index in [4.69, 9.17) is 4.74 Å². The van der Waals surface area contributed by atoms with Crippen molar-refractivity contribution in [3.05, 3.63) is 29.8 Å². The van der Waals surface area contributed by atoms with Gasteiger partial charge in [0.15, 0.2) is 13.2 Å². The molecule has 0 saturated heterocycles. The van der Waals surface area contributed by atoms with E-state index in [1.807, 2.05) is 6.92 Å². The quantitative estimate of drug-likeness (QED) is 0.534. The molecular formula is C16H19F5O3. The van der Waals surface area contributed by atoms with Crippen LogP contribution in [0.5, 0.6) is 5.75 Å². The van der Waals surface area contributed by atoms with Gasteiger partial charge in [0.2, 0.25) is 0 Å². The maximum absolute atomic E-state index is 12.6. The number of ether oxygens (including phenoxy) is 2. The molecule has 0 fully saturated rings. The summed E-state index contributed by atoms with van der Waals surface area (Å²) in [6.07, 6.45) is -4.86. The first-order valence-corrected chi connectivity index (χ1v) is 7.22. The van der Waals surface area contributed by atoms with Gasteiger partial charge in [-0.1, -0.05) is 32.9 Å². The number of benzene rings is 1. The highest BCUT2D eigenvalue weighted by Crippen LogP contribution is 2.35. The molecule has 0 aliphatic carbocycles. The summed E-state index contributed by atoms with van der Waals surface area (Å²) in [4.78, 5) is 11.2. The van der Waals surface area contributed by atoms with Gasteiger partial charge in [-0.05, 0) is 29.5 Å². The van der Waals surface area contributed by atoms with Crippen LogP contribution in [0.1, 0.15) is 32.8 Å². The molecule has 1 aromatic rings. The molecule has 8 heteroatoms. The van der Waals surface area contributed by atoms with Gasteiger partial charge in [-0.3, -0.25) is 0 Å². The fourth-order valence-electron chi connectivity index (χ4n) is 1.64. The highest BCUT2D eigenvalue weighted by molar-refractivity contribution is 5.71. The maximum Gasteiger partial charge on any atom is 0.456 e. The molecule has 136 valence electrons. The number of rotatable bonds is 7. The molecule has 0 N–H and O–H groups in total. The normalized spacial score (nSPS) is 12.8. The lowest BCUT2D eigenvalue weighted by Gasteiger charge is -2.23. The highest BCUT2D eigenvalue weighted by Gasteiger charge is 2.58. The first kappa shape index (κ1) is 20.2. The Labute approximate surface area is 136 Å². The van der Waals surface area contributed by atoms with Crippen LogP contribution < -0.4 is 4.74 Å². The van der Waals surface area contributed by atoms with Crippen molar-refractivity contribution in [3.8, 4) is 5.75 Å². The van der Waals surface area contributed by atoms with E-state index in [1.54, 1.807) is 24.3 Å². The molecule has 0 atom stereocenters. The topological polar surface area (TPSA) is 35.5 Å². The third kappa shape index (κ3) is 5.35. The summed E-state index contributed by atoms with van der Waals surface area (Å²) >= 11 is 0. The average Bonchev–Trinajstić information content (AvgIpc) is 2.50. The standard InChI is InChI=1S/C16H19F5O3/c1-4-14(2,3)11-5-7-12(8-6-11)23-9-13(22)24-10-15(17,18)16(19,20)21/h5-8H,4,9-10H2,1-3H3. The number of hydrogen-bond acceptors (Lipinski definition) is 3. The first-order chi connectivity index (χ1) is 10.9. The molecule has 0 bridgehead atoms. The Balaban J connectivity index is 2.51. The molecule has 0 aromatic heterocycles. The van der Waals surface area contributed by atoms with Gasteiger partial charge in [-0.2, -0.15) is 22.0 Å². The van der Waals surface area contributed by atoms with E-state index in [9.17, 15) is 26.7 Å². The van der Waals surface area contributed by atoms with Crippen LogP contribution in [0.3, 0.4) is 0 Å². The van der Waals surface area contributed by atoms with Gasteiger partial charge in [-0.25, -0.2) is 4.79 Å². The Kier molecular flexibility index (Phi) is 6.19. The van der Waals surface area contributed by atoms with Crippen molar-refractivity contribution in [1.29, 1.82) is 0 Å². The monoisotopic (exact) mass is 354 g/mol. The average molecular weight is 354 g/mol. The summed E-state index contributed by atoms with van der Waals surface area (Å²) in [6, 6.07) is 6.76.